The lowest BCUT2D eigenvalue weighted by Crippen LogP contribution is -2.36. The minimum absolute atomic E-state index is 0.280. The Morgan fingerprint density at radius 2 is 1.89 bits per heavy atom. The number of hydrogen-bond acceptors (Lipinski definition) is 2. The van der Waals surface area contributed by atoms with Gasteiger partial charge >= 0.3 is 0 Å². The van der Waals surface area contributed by atoms with Crippen LogP contribution in [0.3, 0.4) is 0 Å². The highest BCUT2D eigenvalue weighted by molar-refractivity contribution is 4.63. The normalized spacial score (nSPS) is 26.0. The van der Waals surface area contributed by atoms with E-state index < -0.39 is 0 Å². The largest absolute Gasteiger partial charge is 0.350 e. The lowest BCUT2D eigenvalue weighted by Gasteiger charge is -2.32. The Bertz CT molecular complexity index is 84.9. The first-order valence-electron chi connectivity index (χ1n) is 3.55. The third kappa shape index (κ3) is 1.66. The molecule has 0 saturated carbocycles. The molecule has 54 valence electrons. The summed E-state index contributed by atoms with van der Waals surface area (Å²) in [5.74, 6) is -0.280. The van der Waals surface area contributed by atoms with Crippen LogP contribution in [-0.2, 0) is 9.47 Å². The van der Waals surface area contributed by atoms with Gasteiger partial charge in [0.1, 0.15) is 0 Å². The summed E-state index contributed by atoms with van der Waals surface area (Å²) in [6.07, 6.45) is 1.97. The smallest absolute Gasteiger partial charge is 0.165 e. The summed E-state index contributed by atoms with van der Waals surface area (Å²) in [5.41, 5.74) is 0. The van der Waals surface area contributed by atoms with Crippen molar-refractivity contribution >= 4 is 0 Å². The Hall–Kier alpha value is -0.0800. The standard InChI is InChI=1S/C7H14O2/c1-3-7(2)8-5-4-6-9-7/h3-6H2,1-2H3. The molecule has 0 spiro atoms. The predicted octanol–water partition coefficient (Wildman–Crippen LogP) is 1.55. The average molecular weight is 130 g/mol. The Balaban J connectivity index is 2.37. The third-order valence-corrected chi connectivity index (χ3v) is 1.75. The Labute approximate surface area is 56.2 Å². The molecule has 0 atom stereocenters. The quantitative estimate of drug-likeness (QED) is 0.536. The van der Waals surface area contributed by atoms with Gasteiger partial charge in [0.2, 0.25) is 0 Å². The second-order valence-electron chi connectivity index (χ2n) is 2.54. The van der Waals surface area contributed by atoms with Gasteiger partial charge in [-0.05, 0) is 19.8 Å². The third-order valence-electron chi connectivity index (χ3n) is 1.75. The summed E-state index contributed by atoms with van der Waals surface area (Å²) >= 11 is 0. The summed E-state index contributed by atoms with van der Waals surface area (Å²) in [6, 6.07) is 0. The van der Waals surface area contributed by atoms with Crippen LogP contribution in [0, 0.1) is 0 Å². The van der Waals surface area contributed by atoms with Gasteiger partial charge in [0, 0.05) is 0 Å². The van der Waals surface area contributed by atoms with Crippen LogP contribution in [0.5, 0.6) is 0 Å². The van der Waals surface area contributed by atoms with Crippen molar-refractivity contribution in [3.8, 4) is 0 Å². The zero-order chi connectivity index (χ0) is 6.74. The molecule has 9 heavy (non-hydrogen) atoms. The van der Waals surface area contributed by atoms with Crippen molar-refractivity contribution in [3.05, 3.63) is 0 Å². The van der Waals surface area contributed by atoms with Crippen LogP contribution < -0.4 is 0 Å². The highest BCUT2D eigenvalue weighted by Crippen LogP contribution is 2.20. The molecule has 1 saturated heterocycles. The molecule has 1 rings (SSSR count). The van der Waals surface area contributed by atoms with Gasteiger partial charge in [0.05, 0.1) is 13.2 Å². The van der Waals surface area contributed by atoms with Crippen LogP contribution >= 0.6 is 0 Å². The molecule has 1 heterocycles. The molecule has 0 N–H and O–H groups in total. The van der Waals surface area contributed by atoms with Gasteiger partial charge in [-0.2, -0.15) is 0 Å². The average Bonchev–Trinajstić information content (AvgIpc) is 1.90. The van der Waals surface area contributed by atoms with E-state index in [1.807, 2.05) is 6.92 Å². The van der Waals surface area contributed by atoms with Crippen molar-refractivity contribution in [2.45, 2.75) is 32.5 Å². The van der Waals surface area contributed by atoms with Crippen molar-refractivity contribution in [3.63, 3.8) is 0 Å². The Morgan fingerprint density at radius 1 is 1.33 bits per heavy atom. The molecule has 1 fully saturated rings. The Morgan fingerprint density at radius 3 is 2.22 bits per heavy atom. The fourth-order valence-corrected chi connectivity index (χ4v) is 0.881. The van der Waals surface area contributed by atoms with Crippen LogP contribution in [0.1, 0.15) is 26.7 Å². The molecule has 0 bridgehead atoms. The van der Waals surface area contributed by atoms with Gasteiger partial charge in [-0.1, -0.05) is 6.92 Å². The maximum atomic E-state index is 5.39. The van der Waals surface area contributed by atoms with Crippen LogP contribution in [0.25, 0.3) is 0 Å². The van der Waals surface area contributed by atoms with Crippen LogP contribution in [-0.4, -0.2) is 19.0 Å². The molecule has 0 aliphatic carbocycles. The van der Waals surface area contributed by atoms with Crippen LogP contribution in [0.2, 0.25) is 0 Å². The minimum Gasteiger partial charge on any atom is -0.350 e. The fourth-order valence-electron chi connectivity index (χ4n) is 0.881. The van der Waals surface area contributed by atoms with Gasteiger partial charge in [-0.25, -0.2) is 0 Å². The molecule has 0 aromatic carbocycles. The van der Waals surface area contributed by atoms with Crippen molar-refractivity contribution < 1.29 is 9.47 Å². The first kappa shape index (κ1) is 7.03. The minimum atomic E-state index is -0.280. The van der Waals surface area contributed by atoms with Crippen LogP contribution in [0.15, 0.2) is 0 Å². The second kappa shape index (κ2) is 2.67. The molecule has 1 aliphatic rings. The van der Waals surface area contributed by atoms with Gasteiger partial charge < -0.3 is 9.47 Å². The summed E-state index contributed by atoms with van der Waals surface area (Å²) in [5, 5.41) is 0. The molecule has 2 nitrogen and oxygen atoms in total. The zero-order valence-corrected chi connectivity index (χ0v) is 6.14. The van der Waals surface area contributed by atoms with E-state index in [9.17, 15) is 0 Å². The van der Waals surface area contributed by atoms with E-state index in [1.54, 1.807) is 0 Å². The highest BCUT2D eigenvalue weighted by atomic mass is 16.7. The maximum Gasteiger partial charge on any atom is 0.165 e. The lowest BCUT2D eigenvalue weighted by molar-refractivity contribution is -0.256. The predicted molar refractivity (Wildman–Crippen MR) is 35.2 cm³/mol. The Kier molecular flexibility index (Phi) is 2.09. The van der Waals surface area contributed by atoms with Crippen molar-refractivity contribution in [1.82, 2.24) is 0 Å². The molecule has 0 aromatic rings. The van der Waals surface area contributed by atoms with E-state index in [4.69, 9.17) is 9.47 Å². The topological polar surface area (TPSA) is 18.5 Å². The monoisotopic (exact) mass is 130 g/mol. The van der Waals surface area contributed by atoms with E-state index in [1.165, 1.54) is 0 Å². The number of ether oxygens (including phenoxy) is 2. The van der Waals surface area contributed by atoms with Gasteiger partial charge in [0.15, 0.2) is 5.79 Å². The number of rotatable bonds is 1. The number of hydrogen-bond donors (Lipinski definition) is 0. The lowest BCUT2D eigenvalue weighted by atomic mass is 10.2. The van der Waals surface area contributed by atoms with Crippen molar-refractivity contribution in [1.29, 1.82) is 0 Å². The van der Waals surface area contributed by atoms with E-state index >= 15 is 0 Å². The van der Waals surface area contributed by atoms with E-state index in [0.717, 1.165) is 26.1 Å². The first-order valence-corrected chi connectivity index (χ1v) is 3.55. The summed E-state index contributed by atoms with van der Waals surface area (Å²) < 4.78 is 10.8. The molecule has 2 heteroatoms. The maximum absolute atomic E-state index is 5.39. The first-order chi connectivity index (χ1) is 4.27. The van der Waals surface area contributed by atoms with E-state index in [2.05, 4.69) is 6.92 Å². The molecule has 0 aromatic heterocycles. The van der Waals surface area contributed by atoms with Gasteiger partial charge in [0.25, 0.3) is 0 Å². The fraction of sp³-hybridized carbons (Fsp3) is 1.00. The van der Waals surface area contributed by atoms with Gasteiger partial charge in [-0.15, -0.1) is 0 Å². The van der Waals surface area contributed by atoms with E-state index in [0.29, 0.717) is 0 Å². The molecule has 0 amide bonds. The summed E-state index contributed by atoms with van der Waals surface area (Å²) in [7, 11) is 0. The van der Waals surface area contributed by atoms with E-state index in [-0.39, 0.29) is 5.79 Å². The molecule has 1 aliphatic heterocycles. The summed E-state index contributed by atoms with van der Waals surface area (Å²) in [6.45, 7) is 5.77. The van der Waals surface area contributed by atoms with Gasteiger partial charge in [-0.3, -0.25) is 0 Å². The van der Waals surface area contributed by atoms with Crippen LogP contribution in [0.4, 0.5) is 0 Å². The molecule has 0 radical (unpaired) electrons. The molecular formula is C7H14O2. The molecule has 0 unspecified atom stereocenters. The highest BCUT2D eigenvalue weighted by Gasteiger charge is 2.25. The zero-order valence-electron chi connectivity index (χ0n) is 6.14. The van der Waals surface area contributed by atoms with Crippen molar-refractivity contribution in [2.24, 2.45) is 0 Å². The summed E-state index contributed by atoms with van der Waals surface area (Å²) in [4.78, 5) is 0. The SMILES string of the molecule is CCC1(C)OCCCO1. The second-order valence-corrected chi connectivity index (χ2v) is 2.54. The van der Waals surface area contributed by atoms with Crippen molar-refractivity contribution in [2.75, 3.05) is 13.2 Å². The molecular weight excluding hydrogens is 116 g/mol.